The monoisotopic (exact) mass is 255 g/mol. The molecule has 0 amide bonds. The van der Waals surface area contributed by atoms with E-state index >= 15 is 0 Å². The van der Waals surface area contributed by atoms with Crippen molar-refractivity contribution < 1.29 is 0 Å². The number of hydrogen-bond acceptors (Lipinski definition) is 1. The van der Waals surface area contributed by atoms with Crippen LogP contribution in [0.4, 0.5) is 0 Å². The van der Waals surface area contributed by atoms with Crippen LogP contribution in [0.15, 0.2) is 28.9 Å². The van der Waals surface area contributed by atoms with Gasteiger partial charge in [-0.1, -0.05) is 33.6 Å². The van der Waals surface area contributed by atoms with Gasteiger partial charge < -0.3 is 0 Å². The lowest BCUT2D eigenvalue weighted by Crippen LogP contribution is -1.83. The molecular weight excluding hydrogens is 249 g/mol. The molecule has 0 spiro atoms. The highest BCUT2D eigenvalue weighted by Gasteiger charge is 2.02. The van der Waals surface area contributed by atoms with E-state index in [9.17, 15) is 0 Å². The van der Waals surface area contributed by atoms with Gasteiger partial charge in [-0.25, -0.2) is 0 Å². The summed E-state index contributed by atoms with van der Waals surface area (Å²) in [6.07, 6.45) is 1.69. The molecule has 2 rings (SSSR count). The number of aromatic nitrogens is 1. The minimum absolute atomic E-state index is 0.717. The molecular formula is C10H7BrClN. The third kappa shape index (κ3) is 1.56. The molecule has 1 nitrogen and oxygen atoms in total. The summed E-state index contributed by atoms with van der Waals surface area (Å²) in [4.78, 5) is 4.24. The lowest BCUT2D eigenvalue weighted by atomic mass is 10.1. The standard InChI is InChI=1S/C10H7BrClN/c1-6-8-3-2-7(11)4-10(8)13-5-9(6)12/h2-5H,1H3. The molecule has 0 aliphatic carbocycles. The maximum atomic E-state index is 5.95. The summed E-state index contributed by atoms with van der Waals surface area (Å²) < 4.78 is 1.04. The minimum Gasteiger partial charge on any atom is -0.255 e. The predicted molar refractivity (Wildman–Crippen MR) is 59.2 cm³/mol. The van der Waals surface area contributed by atoms with Gasteiger partial charge in [-0.05, 0) is 24.6 Å². The Kier molecular flexibility index (Phi) is 2.26. The van der Waals surface area contributed by atoms with Gasteiger partial charge in [0.1, 0.15) is 0 Å². The van der Waals surface area contributed by atoms with Gasteiger partial charge in [0.2, 0.25) is 0 Å². The quantitative estimate of drug-likeness (QED) is 0.695. The molecule has 66 valence electrons. The van der Waals surface area contributed by atoms with E-state index in [-0.39, 0.29) is 0 Å². The van der Waals surface area contributed by atoms with Gasteiger partial charge in [-0.15, -0.1) is 0 Å². The van der Waals surface area contributed by atoms with Crippen LogP contribution >= 0.6 is 27.5 Å². The average molecular weight is 257 g/mol. The Hall–Kier alpha value is -0.600. The van der Waals surface area contributed by atoms with E-state index in [0.717, 1.165) is 26.0 Å². The van der Waals surface area contributed by atoms with E-state index < -0.39 is 0 Å². The summed E-state index contributed by atoms with van der Waals surface area (Å²) in [6.45, 7) is 2.00. The summed E-state index contributed by atoms with van der Waals surface area (Å²) in [6, 6.07) is 6.00. The fourth-order valence-corrected chi connectivity index (χ4v) is 1.78. The Balaban J connectivity index is 2.87. The molecule has 2 aromatic rings. The highest BCUT2D eigenvalue weighted by atomic mass is 79.9. The van der Waals surface area contributed by atoms with Gasteiger partial charge in [0, 0.05) is 16.1 Å². The van der Waals surface area contributed by atoms with Crippen LogP contribution < -0.4 is 0 Å². The third-order valence-corrected chi connectivity index (χ3v) is 2.91. The molecule has 0 aliphatic heterocycles. The van der Waals surface area contributed by atoms with Crippen molar-refractivity contribution in [1.82, 2.24) is 4.98 Å². The fraction of sp³-hybridized carbons (Fsp3) is 0.100. The number of nitrogens with zero attached hydrogens (tertiary/aromatic N) is 1. The lowest BCUT2D eigenvalue weighted by molar-refractivity contribution is 1.36. The summed E-state index contributed by atoms with van der Waals surface area (Å²) >= 11 is 9.36. The van der Waals surface area contributed by atoms with Crippen LogP contribution in [0.25, 0.3) is 10.9 Å². The minimum atomic E-state index is 0.717. The Morgan fingerprint density at radius 1 is 1.38 bits per heavy atom. The molecule has 0 N–H and O–H groups in total. The van der Waals surface area contributed by atoms with Gasteiger partial charge in [0.05, 0.1) is 10.5 Å². The molecule has 0 aliphatic rings. The number of pyridine rings is 1. The number of benzene rings is 1. The maximum absolute atomic E-state index is 5.95. The molecule has 0 unspecified atom stereocenters. The molecule has 13 heavy (non-hydrogen) atoms. The normalized spacial score (nSPS) is 10.7. The van der Waals surface area contributed by atoms with Crippen LogP contribution in [0.3, 0.4) is 0 Å². The van der Waals surface area contributed by atoms with Crippen LogP contribution in [0.1, 0.15) is 5.56 Å². The van der Waals surface area contributed by atoms with E-state index in [1.165, 1.54) is 0 Å². The molecule has 0 bridgehead atoms. The first kappa shape index (κ1) is 8.97. The molecule has 0 radical (unpaired) electrons. The van der Waals surface area contributed by atoms with Crippen LogP contribution in [-0.4, -0.2) is 4.98 Å². The second-order valence-corrected chi connectivity index (χ2v) is 4.22. The van der Waals surface area contributed by atoms with E-state index in [1.54, 1.807) is 6.20 Å². The van der Waals surface area contributed by atoms with Crippen LogP contribution in [0.2, 0.25) is 5.02 Å². The molecule has 0 saturated carbocycles. The topological polar surface area (TPSA) is 12.9 Å². The van der Waals surface area contributed by atoms with Gasteiger partial charge in [-0.3, -0.25) is 4.98 Å². The molecule has 1 heterocycles. The number of aryl methyl sites for hydroxylation is 1. The van der Waals surface area contributed by atoms with Crippen molar-refractivity contribution in [3.05, 3.63) is 39.5 Å². The number of hydrogen-bond donors (Lipinski definition) is 0. The van der Waals surface area contributed by atoms with Crippen LogP contribution in [0.5, 0.6) is 0 Å². The first-order valence-electron chi connectivity index (χ1n) is 3.89. The zero-order chi connectivity index (χ0) is 9.42. The highest BCUT2D eigenvalue weighted by molar-refractivity contribution is 9.10. The highest BCUT2D eigenvalue weighted by Crippen LogP contribution is 2.25. The maximum Gasteiger partial charge on any atom is 0.0717 e. The fourth-order valence-electron chi connectivity index (χ4n) is 1.28. The summed E-state index contributed by atoms with van der Waals surface area (Å²) in [5.41, 5.74) is 2.05. The van der Waals surface area contributed by atoms with E-state index in [0.29, 0.717) is 0 Å². The zero-order valence-corrected chi connectivity index (χ0v) is 9.35. The van der Waals surface area contributed by atoms with Gasteiger partial charge in [-0.2, -0.15) is 0 Å². The first-order chi connectivity index (χ1) is 6.18. The Morgan fingerprint density at radius 3 is 2.92 bits per heavy atom. The van der Waals surface area contributed by atoms with Crippen molar-refractivity contribution in [2.75, 3.05) is 0 Å². The molecule has 0 atom stereocenters. The number of fused-ring (bicyclic) bond motifs is 1. The predicted octanol–water partition coefficient (Wildman–Crippen LogP) is 3.96. The Morgan fingerprint density at radius 2 is 2.15 bits per heavy atom. The molecule has 3 heteroatoms. The lowest BCUT2D eigenvalue weighted by Gasteiger charge is -2.03. The SMILES string of the molecule is Cc1c(Cl)cnc2cc(Br)ccc12. The second kappa shape index (κ2) is 3.28. The molecule has 0 fully saturated rings. The Bertz CT molecular complexity index is 468. The summed E-state index contributed by atoms with van der Waals surface area (Å²) in [5, 5.41) is 1.82. The number of halogens is 2. The molecule has 1 aromatic carbocycles. The van der Waals surface area contributed by atoms with Crippen molar-refractivity contribution in [2.24, 2.45) is 0 Å². The van der Waals surface area contributed by atoms with Crippen molar-refractivity contribution in [3.63, 3.8) is 0 Å². The van der Waals surface area contributed by atoms with E-state index in [4.69, 9.17) is 11.6 Å². The van der Waals surface area contributed by atoms with Crippen molar-refractivity contribution >= 4 is 38.4 Å². The van der Waals surface area contributed by atoms with E-state index in [2.05, 4.69) is 20.9 Å². The third-order valence-electron chi connectivity index (χ3n) is 2.04. The number of rotatable bonds is 0. The first-order valence-corrected chi connectivity index (χ1v) is 5.06. The van der Waals surface area contributed by atoms with Gasteiger partial charge in [0.15, 0.2) is 0 Å². The Labute approximate surface area is 89.9 Å². The molecule has 0 saturated heterocycles. The summed E-state index contributed by atoms with van der Waals surface area (Å²) in [7, 11) is 0. The van der Waals surface area contributed by atoms with Crippen molar-refractivity contribution in [3.8, 4) is 0 Å². The van der Waals surface area contributed by atoms with Crippen LogP contribution in [0, 0.1) is 6.92 Å². The van der Waals surface area contributed by atoms with Crippen molar-refractivity contribution in [1.29, 1.82) is 0 Å². The van der Waals surface area contributed by atoms with Gasteiger partial charge in [0.25, 0.3) is 0 Å². The summed E-state index contributed by atoms with van der Waals surface area (Å²) in [5.74, 6) is 0. The van der Waals surface area contributed by atoms with Crippen molar-refractivity contribution in [2.45, 2.75) is 6.92 Å². The van der Waals surface area contributed by atoms with Gasteiger partial charge >= 0.3 is 0 Å². The smallest absolute Gasteiger partial charge is 0.0717 e. The molecule has 1 aromatic heterocycles. The van der Waals surface area contributed by atoms with E-state index in [1.807, 2.05) is 25.1 Å². The largest absolute Gasteiger partial charge is 0.255 e. The zero-order valence-electron chi connectivity index (χ0n) is 7.01. The average Bonchev–Trinajstić information content (AvgIpc) is 2.12. The van der Waals surface area contributed by atoms with Crippen LogP contribution in [-0.2, 0) is 0 Å². The second-order valence-electron chi connectivity index (χ2n) is 2.89.